The Morgan fingerprint density at radius 3 is 3.00 bits per heavy atom. The third-order valence-electron chi connectivity index (χ3n) is 2.60. The summed E-state index contributed by atoms with van der Waals surface area (Å²) in [7, 11) is 0. The number of tetrazole rings is 1. The van der Waals surface area contributed by atoms with Gasteiger partial charge in [-0.2, -0.15) is 0 Å². The van der Waals surface area contributed by atoms with Crippen LogP contribution >= 0.6 is 0 Å². The van der Waals surface area contributed by atoms with Crippen LogP contribution in [0.3, 0.4) is 0 Å². The van der Waals surface area contributed by atoms with Crippen LogP contribution in [-0.4, -0.2) is 36.3 Å². The van der Waals surface area contributed by atoms with Crippen LogP contribution in [0.2, 0.25) is 0 Å². The fourth-order valence-corrected chi connectivity index (χ4v) is 1.71. The Kier molecular flexibility index (Phi) is 3.31. The van der Waals surface area contributed by atoms with Crippen LogP contribution in [-0.2, 0) is 4.79 Å². The van der Waals surface area contributed by atoms with Crippen molar-refractivity contribution < 1.29 is 9.90 Å². The van der Waals surface area contributed by atoms with Crippen molar-refractivity contribution in [2.75, 3.05) is 0 Å². The SMILES string of the molecule is Cc1cccnc1-c1nnnn1C(C)CC(=O)O. The fourth-order valence-electron chi connectivity index (χ4n) is 1.71. The summed E-state index contributed by atoms with van der Waals surface area (Å²) in [5.74, 6) is -0.399. The average molecular weight is 247 g/mol. The molecule has 18 heavy (non-hydrogen) atoms. The van der Waals surface area contributed by atoms with Crippen molar-refractivity contribution in [3.8, 4) is 11.5 Å². The van der Waals surface area contributed by atoms with E-state index in [0.717, 1.165) is 5.56 Å². The average Bonchev–Trinajstić information content (AvgIpc) is 2.77. The molecule has 0 fully saturated rings. The molecule has 0 aliphatic heterocycles. The van der Waals surface area contributed by atoms with Gasteiger partial charge in [0.05, 0.1) is 12.5 Å². The Balaban J connectivity index is 2.39. The summed E-state index contributed by atoms with van der Waals surface area (Å²) in [5.41, 5.74) is 1.61. The summed E-state index contributed by atoms with van der Waals surface area (Å²) in [5, 5.41) is 20.2. The van der Waals surface area contributed by atoms with Gasteiger partial charge >= 0.3 is 5.97 Å². The summed E-state index contributed by atoms with van der Waals surface area (Å²) in [6, 6.07) is 3.41. The molecule has 0 saturated carbocycles. The van der Waals surface area contributed by atoms with Crippen LogP contribution < -0.4 is 0 Å². The molecule has 2 aromatic rings. The van der Waals surface area contributed by atoms with Gasteiger partial charge in [0.2, 0.25) is 5.82 Å². The molecule has 0 saturated heterocycles. The molecule has 2 rings (SSSR count). The van der Waals surface area contributed by atoms with Gasteiger partial charge in [-0.15, -0.1) is 5.10 Å². The van der Waals surface area contributed by atoms with Crippen molar-refractivity contribution in [1.82, 2.24) is 25.2 Å². The molecule has 0 amide bonds. The number of carboxylic acid groups (broad SMARTS) is 1. The normalized spacial score (nSPS) is 12.3. The van der Waals surface area contributed by atoms with Crippen molar-refractivity contribution in [1.29, 1.82) is 0 Å². The van der Waals surface area contributed by atoms with Gasteiger partial charge < -0.3 is 5.11 Å². The Morgan fingerprint density at radius 2 is 2.33 bits per heavy atom. The molecule has 0 bridgehead atoms. The molecule has 2 heterocycles. The second-order valence-corrected chi connectivity index (χ2v) is 4.06. The molecule has 0 radical (unpaired) electrons. The largest absolute Gasteiger partial charge is 0.481 e. The lowest BCUT2D eigenvalue weighted by molar-refractivity contribution is -0.137. The van der Waals surface area contributed by atoms with Gasteiger partial charge in [0.15, 0.2) is 0 Å². The van der Waals surface area contributed by atoms with Crippen LogP contribution in [0.15, 0.2) is 18.3 Å². The number of rotatable bonds is 4. The van der Waals surface area contributed by atoms with Crippen molar-refractivity contribution in [2.45, 2.75) is 26.3 Å². The van der Waals surface area contributed by atoms with Crippen LogP contribution in [0.5, 0.6) is 0 Å². The summed E-state index contributed by atoms with van der Waals surface area (Å²) in [4.78, 5) is 15.0. The summed E-state index contributed by atoms with van der Waals surface area (Å²) in [6.07, 6.45) is 1.62. The van der Waals surface area contributed by atoms with Crippen LogP contribution in [0.1, 0.15) is 24.9 Å². The minimum Gasteiger partial charge on any atom is -0.481 e. The molecular weight excluding hydrogens is 234 g/mol. The zero-order valence-electron chi connectivity index (χ0n) is 10.1. The van der Waals surface area contributed by atoms with Gasteiger partial charge in [0.25, 0.3) is 0 Å². The van der Waals surface area contributed by atoms with E-state index in [0.29, 0.717) is 11.5 Å². The highest BCUT2D eigenvalue weighted by Gasteiger charge is 2.18. The molecule has 7 nitrogen and oxygen atoms in total. The van der Waals surface area contributed by atoms with E-state index in [1.165, 1.54) is 4.68 Å². The van der Waals surface area contributed by atoms with Gasteiger partial charge in [0.1, 0.15) is 5.69 Å². The molecular formula is C11H13N5O2. The standard InChI is InChI=1S/C11H13N5O2/c1-7-4-3-5-12-10(7)11-13-14-15-16(11)8(2)6-9(17)18/h3-5,8H,6H2,1-2H3,(H,17,18). The van der Waals surface area contributed by atoms with Gasteiger partial charge in [-0.1, -0.05) is 6.07 Å². The zero-order valence-corrected chi connectivity index (χ0v) is 10.1. The lowest BCUT2D eigenvalue weighted by atomic mass is 10.2. The Bertz CT molecular complexity index is 566. The predicted octanol–water partition coefficient (Wildman–Crippen LogP) is 1.08. The minimum absolute atomic E-state index is 0.0378. The van der Waals surface area contributed by atoms with E-state index in [1.54, 1.807) is 13.1 Å². The highest BCUT2D eigenvalue weighted by molar-refractivity contribution is 5.67. The number of aryl methyl sites for hydroxylation is 1. The van der Waals surface area contributed by atoms with Crippen molar-refractivity contribution >= 4 is 5.97 Å². The summed E-state index contributed by atoms with van der Waals surface area (Å²) >= 11 is 0. The number of hydrogen-bond acceptors (Lipinski definition) is 5. The third-order valence-corrected chi connectivity index (χ3v) is 2.60. The number of aliphatic carboxylic acids is 1. The highest BCUT2D eigenvalue weighted by Crippen LogP contribution is 2.21. The van der Waals surface area contributed by atoms with E-state index in [-0.39, 0.29) is 12.5 Å². The van der Waals surface area contributed by atoms with Gasteiger partial charge in [0, 0.05) is 6.20 Å². The lowest BCUT2D eigenvalue weighted by Gasteiger charge is -2.11. The Hall–Kier alpha value is -2.31. The first-order chi connectivity index (χ1) is 8.59. The Labute approximate surface area is 103 Å². The van der Waals surface area contributed by atoms with Crippen molar-refractivity contribution in [3.05, 3.63) is 23.9 Å². The Morgan fingerprint density at radius 1 is 1.56 bits per heavy atom. The molecule has 1 atom stereocenters. The number of carboxylic acids is 1. The van der Waals surface area contributed by atoms with Gasteiger partial charge in [-0.3, -0.25) is 9.78 Å². The monoisotopic (exact) mass is 247 g/mol. The maximum absolute atomic E-state index is 10.7. The second kappa shape index (κ2) is 4.91. The number of aromatic nitrogens is 5. The quantitative estimate of drug-likeness (QED) is 0.868. The fraction of sp³-hybridized carbons (Fsp3) is 0.364. The first-order valence-corrected chi connectivity index (χ1v) is 5.51. The van der Waals surface area contributed by atoms with Gasteiger partial charge in [-0.25, -0.2) is 4.68 Å². The van der Waals surface area contributed by atoms with E-state index in [2.05, 4.69) is 20.5 Å². The maximum atomic E-state index is 10.7. The molecule has 94 valence electrons. The van der Waals surface area contributed by atoms with Gasteiger partial charge in [-0.05, 0) is 35.9 Å². The number of pyridine rings is 1. The molecule has 0 aliphatic carbocycles. The number of carbonyl (C=O) groups is 1. The number of nitrogens with zero attached hydrogens (tertiary/aromatic N) is 5. The number of hydrogen-bond donors (Lipinski definition) is 1. The van der Waals surface area contributed by atoms with Crippen molar-refractivity contribution in [3.63, 3.8) is 0 Å². The second-order valence-electron chi connectivity index (χ2n) is 4.06. The van der Waals surface area contributed by atoms with E-state index >= 15 is 0 Å². The predicted molar refractivity (Wildman–Crippen MR) is 62.7 cm³/mol. The topological polar surface area (TPSA) is 93.8 Å². The summed E-state index contributed by atoms with van der Waals surface area (Å²) in [6.45, 7) is 3.66. The third kappa shape index (κ3) is 2.34. The first kappa shape index (κ1) is 12.2. The van der Waals surface area contributed by atoms with Crippen LogP contribution in [0, 0.1) is 6.92 Å². The molecule has 7 heteroatoms. The van der Waals surface area contributed by atoms with E-state index in [1.807, 2.05) is 19.1 Å². The van der Waals surface area contributed by atoms with Crippen LogP contribution in [0.25, 0.3) is 11.5 Å². The molecule has 2 aromatic heterocycles. The summed E-state index contributed by atoms with van der Waals surface area (Å²) < 4.78 is 1.49. The van der Waals surface area contributed by atoms with E-state index in [9.17, 15) is 4.79 Å². The molecule has 0 aliphatic rings. The van der Waals surface area contributed by atoms with E-state index in [4.69, 9.17) is 5.11 Å². The molecule has 1 N–H and O–H groups in total. The maximum Gasteiger partial charge on any atom is 0.305 e. The zero-order chi connectivity index (χ0) is 13.1. The molecule has 0 spiro atoms. The van der Waals surface area contributed by atoms with Crippen molar-refractivity contribution in [2.24, 2.45) is 0 Å². The smallest absolute Gasteiger partial charge is 0.305 e. The molecule has 1 unspecified atom stereocenters. The lowest BCUT2D eigenvalue weighted by Crippen LogP contribution is -2.14. The van der Waals surface area contributed by atoms with Crippen LogP contribution in [0.4, 0.5) is 0 Å². The first-order valence-electron chi connectivity index (χ1n) is 5.51. The highest BCUT2D eigenvalue weighted by atomic mass is 16.4. The molecule has 0 aromatic carbocycles. The van der Waals surface area contributed by atoms with E-state index < -0.39 is 5.97 Å². The minimum atomic E-state index is -0.887.